The molecule has 0 saturated carbocycles. The summed E-state index contributed by atoms with van der Waals surface area (Å²) in [5, 5.41) is 0. The van der Waals surface area contributed by atoms with Crippen molar-refractivity contribution in [3.05, 3.63) is 34.2 Å². The zero-order chi connectivity index (χ0) is 17.3. The van der Waals surface area contributed by atoms with Crippen molar-refractivity contribution in [3.8, 4) is 0 Å². The average molecular weight is 330 g/mol. The molecular weight excluding hydrogens is 304 g/mol. The van der Waals surface area contributed by atoms with E-state index in [1.165, 1.54) is 0 Å². The van der Waals surface area contributed by atoms with Crippen LogP contribution < -0.4 is 5.56 Å². The lowest BCUT2D eigenvalue weighted by atomic mass is 9.82. The van der Waals surface area contributed by atoms with Crippen LogP contribution in [-0.2, 0) is 16.1 Å². The molecule has 3 rings (SSSR count). The molecule has 0 spiro atoms. The lowest BCUT2D eigenvalue weighted by molar-refractivity contribution is -0.140. The van der Waals surface area contributed by atoms with E-state index in [0.29, 0.717) is 32.0 Å². The fourth-order valence-electron chi connectivity index (χ4n) is 4.34. The molecule has 0 unspecified atom stereocenters. The molecule has 1 saturated heterocycles. The maximum absolute atomic E-state index is 12.9. The summed E-state index contributed by atoms with van der Waals surface area (Å²) < 4.78 is 1.87. The zero-order valence-electron chi connectivity index (χ0n) is 14.5. The predicted octanol–water partition coefficient (Wildman–Crippen LogP) is 2.19. The van der Waals surface area contributed by atoms with Crippen molar-refractivity contribution < 1.29 is 9.59 Å². The van der Waals surface area contributed by atoms with Gasteiger partial charge in [-0.25, -0.2) is 0 Å². The van der Waals surface area contributed by atoms with Crippen LogP contribution in [0.25, 0.3) is 0 Å². The van der Waals surface area contributed by atoms with Crippen LogP contribution in [0.1, 0.15) is 51.1 Å². The Hall–Kier alpha value is -1.91. The van der Waals surface area contributed by atoms with Crippen LogP contribution in [0.2, 0.25) is 0 Å². The quantitative estimate of drug-likeness (QED) is 0.831. The summed E-state index contributed by atoms with van der Waals surface area (Å²) in [4.78, 5) is 38.5. The van der Waals surface area contributed by atoms with Crippen molar-refractivity contribution in [1.29, 1.82) is 0 Å². The van der Waals surface area contributed by atoms with E-state index < -0.39 is 0 Å². The molecule has 2 bridgehead atoms. The fraction of sp³-hybridized carbons (Fsp3) is 0.632. The van der Waals surface area contributed by atoms with E-state index >= 15 is 0 Å². The molecule has 0 aliphatic carbocycles. The highest BCUT2D eigenvalue weighted by Gasteiger charge is 2.37. The topological polar surface area (TPSA) is 59.4 Å². The molecule has 0 radical (unpaired) electrons. The number of aromatic nitrogens is 1. The SMILES string of the molecule is CCC[C@H](CC(C)=O)C(=O)N1C[C@@H]2C[C@H](C1)c1cccc(=O)n1C2. The maximum Gasteiger partial charge on any atom is 0.250 e. The first kappa shape index (κ1) is 16.9. The van der Waals surface area contributed by atoms with Gasteiger partial charge in [-0.1, -0.05) is 19.4 Å². The molecule has 1 amide bonds. The molecule has 5 nitrogen and oxygen atoms in total. The number of Topliss-reactive ketones (excluding diaryl/α,β-unsaturated/α-hetero) is 1. The summed E-state index contributed by atoms with van der Waals surface area (Å²) in [7, 11) is 0. The Balaban J connectivity index is 1.79. The highest BCUT2D eigenvalue weighted by molar-refractivity contribution is 5.85. The van der Waals surface area contributed by atoms with Crippen LogP contribution in [0.4, 0.5) is 0 Å². The summed E-state index contributed by atoms with van der Waals surface area (Å²) in [5.74, 6) is 0.573. The van der Waals surface area contributed by atoms with Crippen LogP contribution in [0, 0.1) is 11.8 Å². The maximum atomic E-state index is 12.9. The van der Waals surface area contributed by atoms with Crippen LogP contribution in [0.3, 0.4) is 0 Å². The third-order valence-corrected chi connectivity index (χ3v) is 5.31. The largest absolute Gasteiger partial charge is 0.341 e. The van der Waals surface area contributed by atoms with Gasteiger partial charge in [-0.05, 0) is 31.7 Å². The number of likely N-dealkylation sites (tertiary alicyclic amines) is 1. The van der Waals surface area contributed by atoms with Crippen molar-refractivity contribution in [2.45, 2.75) is 52.0 Å². The van der Waals surface area contributed by atoms with Gasteiger partial charge in [0, 0.05) is 49.7 Å². The molecule has 130 valence electrons. The first-order chi connectivity index (χ1) is 11.5. The summed E-state index contributed by atoms with van der Waals surface area (Å²) in [6, 6.07) is 5.43. The summed E-state index contributed by atoms with van der Waals surface area (Å²) in [6.45, 7) is 5.67. The molecule has 1 aromatic rings. The third kappa shape index (κ3) is 3.30. The molecule has 3 heterocycles. The summed E-state index contributed by atoms with van der Waals surface area (Å²) in [5.41, 5.74) is 1.11. The average Bonchev–Trinajstić information content (AvgIpc) is 2.54. The van der Waals surface area contributed by atoms with Gasteiger partial charge in [0.05, 0.1) is 0 Å². The number of hydrogen-bond acceptors (Lipinski definition) is 3. The highest BCUT2D eigenvalue weighted by atomic mass is 16.2. The number of rotatable bonds is 5. The van der Waals surface area contributed by atoms with Crippen molar-refractivity contribution in [3.63, 3.8) is 0 Å². The second kappa shape index (κ2) is 6.91. The van der Waals surface area contributed by atoms with Gasteiger partial charge in [0.15, 0.2) is 0 Å². The monoisotopic (exact) mass is 330 g/mol. The highest BCUT2D eigenvalue weighted by Crippen LogP contribution is 2.35. The Morgan fingerprint density at radius 2 is 2.04 bits per heavy atom. The zero-order valence-corrected chi connectivity index (χ0v) is 14.5. The van der Waals surface area contributed by atoms with Gasteiger partial charge >= 0.3 is 0 Å². The molecule has 1 fully saturated rings. The molecular formula is C19H26N2O3. The fourth-order valence-corrected chi connectivity index (χ4v) is 4.34. The summed E-state index contributed by atoms with van der Waals surface area (Å²) in [6.07, 6.45) is 3.05. The minimum Gasteiger partial charge on any atom is -0.341 e. The van der Waals surface area contributed by atoms with E-state index in [1.54, 1.807) is 13.0 Å². The molecule has 5 heteroatoms. The van der Waals surface area contributed by atoms with Gasteiger partial charge in [-0.3, -0.25) is 9.59 Å². The Kier molecular flexibility index (Phi) is 4.88. The molecule has 3 atom stereocenters. The third-order valence-electron chi connectivity index (χ3n) is 5.31. The minimum absolute atomic E-state index is 0.0578. The number of piperidine rings is 1. The lowest BCUT2D eigenvalue weighted by Crippen LogP contribution is -2.50. The number of carbonyl (C=O) groups is 2. The van der Waals surface area contributed by atoms with Gasteiger partial charge in [0.1, 0.15) is 5.78 Å². The van der Waals surface area contributed by atoms with Crippen LogP contribution in [-0.4, -0.2) is 34.2 Å². The molecule has 0 N–H and O–H groups in total. The molecule has 0 aromatic carbocycles. The first-order valence-electron chi connectivity index (χ1n) is 8.97. The number of pyridine rings is 1. The normalized spacial score (nSPS) is 23.5. The van der Waals surface area contributed by atoms with E-state index in [1.807, 2.05) is 28.5 Å². The van der Waals surface area contributed by atoms with E-state index in [9.17, 15) is 14.4 Å². The van der Waals surface area contributed by atoms with Crippen molar-refractivity contribution in [2.75, 3.05) is 13.1 Å². The predicted molar refractivity (Wildman–Crippen MR) is 91.8 cm³/mol. The number of carbonyl (C=O) groups excluding carboxylic acids is 2. The lowest BCUT2D eigenvalue weighted by Gasteiger charge is -2.43. The number of nitrogens with zero attached hydrogens (tertiary/aromatic N) is 2. The molecule has 2 aliphatic rings. The number of hydrogen-bond donors (Lipinski definition) is 0. The van der Waals surface area contributed by atoms with E-state index in [0.717, 1.165) is 25.0 Å². The second-order valence-corrected chi connectivity index (χ2v) is 7.33. The standard InChI is InChI=1S/C19H26N2O3/c1-3-5-15(8-13(2)22)19(24)20-10-14-9-16(12-20)17-6-4-7-18(23)21(17)11-14/h4,6-7,14-16H,3,5,8-12H2,1-2H3/t14-,15+,16+/m0/s1. The first-order valence-corrected chi connectivity index (χ1v) is 8.97. The van der Waals surface area contributed by atoms with E-state index in [2.05, 4.69) is 0 Å². The molecule has 2 aliphatic heterocycles. The Labute approximate surface area is 142 Å². The molecule has 24 heavy (non-hydrogen) atoms. The van der Waals surface area contributed by atoms with Gasteiger partial charge in [-0.2, -0.15) is 0 Å². The number of amides is 1. The van der Waals surface area contributed by atoms with Crippen LogP contribution in [0.5, 0.6) is 0 Å². The van der Waals surface area contributed by atoms with Gasteiger partial charge < -0.3 is 14.3 Å². The van der Waals surface area contributed by atoms with Gasteiger partial charge in [0.2, 0.25) is 5.91 Å². The molecule has 1 aromatic heterocycles. The minimum atomic E-state index is -0.190. The Bertz CT molecular complexity index is 694. The number of fused-ring (bicyclic) bond motifs is 4. The van der Waals surface area contributed by atoms with Crippen molar-refractivity contribution in [1.82, 2.24) is 9.47 Å². The van der Waals surface area contributed by atoms with Crippen LogP contribution >= 0.6 is 0 Å². The Morgan fingerprint density at radius 1 is 1.25 bits per heavy atom. The van der Waals surface area contributed by atoms with E-state index in [4.69, 9.17) is 0 Å². The van der Waals surface area contributed by atoms with Crippen molar-refractivity contribution >= 4 is 11.7 Å². The van der Waals surface area contributed by atoms with E-state index in [-0.39, 0.29) is 29.1 Å². The Morgan fingerprint density at radius 3 is 2.75 bits per heavy atom. The smallest absolute Gasteiger partial charge is 0.250 e. The summed E-state index contributed by atoms with van der Waals surface area (Å²) >= 11 is 0. The van der Waals surface area contributed by atoms with Gasteiger partial charge in [-0.15, -0.1) is 0 Å². The van der Waals surface area contributed by atoms with Crippen molar-refractivity contribution in [2.24, 2.45) is 11.8 Å². The van der Waals surface area contributed by atoms with Gasteiger partial charge in [0.25, 0.3) is 5.56 Å². The number of ketones is 1. The van der Waals surface area contributed by atoms with Crippen LogP contribution in [0.15, 0.2) is 23.0 Å². The second-order valence-electron chi connectivity index (χ2n) is 7.33.